The summed E-state index contributed by atoms with van der Waals surface area (Å²) in [7, 11) is 0. The molecule has 5 heteroatoms. The van der Waals surface area contributed by atoms with Gasteiger partial charge in [0, 0.05) is 35.2 Å². The SMILES string of the molecule is Clc1cc(Br)ccc1CNCC1CN2CCCC2CO1. The first kappa shape index (κ1) is 14.8. The minimum absolute atomic E-state index is 0.304. The number of hydrogen-bond acceptors (Lipinski definition) is 3. The highest BCUT2D eigenvalue weighted by atomic mass is 79.9. The van der Waals surface area contributed by atoms with E-state index in [0.717, 1.165) is 41.3 Å². The zero-order valence-corrected chi connectivity index (χ0v) is 13.8. The Bertz CT molecular complexity index is 471. The largest absolute Gasteiger partial charge is 0.374 e. The predicted molar refractivity (Wildman–Crippen MR) is 85.2 cm³/mol. The van der Waals surface area contributed by atoms with Gasteiger partial charge in [-0.15, -0.1) is 0 Å². The second-order valence-electron chi connectivity index (χ2n) is 5.61. The molecule has 0 amide bonds. The molecule has 0 spiro atoms. The van der Waals surface area contributed by atoms with Crippen LogP contribution < -0.4 is 5.32 Å². The summed E-state index contributed by atoms with van der Waals surface area (Å²) < 4.78 is 6.95. The lowest BCUT2D eigenvalue weighted by atomic mass is 10.2. The van der Waals surface area contributed by atoms with E-state index in [1.54, 1.807) is 0 Å². The minimum atomic E-state index is 0.304. The number of hydrogen-bond donors (Lipinski definition) is 1. The lowest BCUT2D eigenvalue weighted by molar-refractivity contribution is -0.0470. The van der Waals surface area contributed by atoms with Crippen molar-refractivity contribution in [3.05, 3.63) is 33.3 Å². The molecule has 2 fully saturated rings. The number of rotatable bonds is 4. The molecule has 3 nitrogen and oxygen atoms in total. The summed E-state index contributed by atoms with van der Waals surface area (Å²) in [6.45, 7) is 4.87. The van der Waals surface area contributed by atoms with Crippen molar-refractivity contribution in [1.82, 2.24) is 10.2 Å². The summed E-state index contributed by atoms with van der Waals surface area (Å²) in [4.78, 5) is 2.57. The van der Waals surface area contributed by atoms with Crippen LogP contribution in [0, 0.1) is 0 Å². The van der Waals surface area contributed by atoms with Crippen LogP contribution in [0.5, 0.6) is 0 Å². The van der Waals surface area contributed by atoms with E-state index in [-0.39, 0.29) is 0 Å². The van der Waals surface area contributed by atoms with E-state index in [0.29, 0.717) is 12.1 Å². The normalized spacial score (nSPS) is 26.7. The summed E-state index contributed by atoms with van der Waals surface area (Å²) in [6, 6.07) is 6.68. The van der Waals surface area contributed by atoms with Gasteiger partial charge in [-0.25, -0.2) is 0 Å². The Kier molecular flexibility index (Phi) is 5.00. The zero-order valence-electron chi connectivity index (χ0n) is 11.4. The van der Waals surface area contributed by atoms with Crippen LogP contribution in [-0.2, 0) is 11.3 Å². The molecule has 0 aromatic heterocycles. The van der Waals surface area contributed by atoms with Gasteiger partial charge in [-0.3, -0.25) is 4.90 Å². The van der Waals surface area contributed by atoms with Crippen LogP contribution in [-0.4, -0.2) is 43.3 Å². The third-order valence-electron chi connectivity index (χ3n) is 4.16. The molecule has 2 aliphatic heterocycles. The van der Waals surface area contributed by atoms with Gasteiger partial charge in [-0.1, -0.05) is 33.6 Å². The van der Waals surface area contributed by atoms with Crippen molar-refractivity contribution in [1.29, 1.82) is 0 Å². The third-order valence-corrected chi connectivity index (χ3v) is 5.01. The van der Waals surface area contributed by atoms with E-state index in [1.807, 2.05) is 12.1 Å². The maximum atomic E-state index is 6.21. The maximum absolute atomic E-state index is 6.21. The van der Waals surface area contributed by atoms with Crippen LogP contribution in [0.25, 0.3) is 0 Å². The Balaban J connectivity index is 1.45. The quantitative estimate of drug-likeness (QED) is 0.894. The van der Waals surface area contributed by atoms with Crippen LogP contribution in [0.1, 0.15) is 18.4 Å². The lowest BCUT2D eigenvalue weighted by Crippen LogP contribution is -2.49. The third kappa shape index (κ3) is 3.55. The van der Waals surface area contributed by atoms with Gasteiger partial charge in [0.1, 0.15) is 0 Å². The molecular weight excluding hydrogens is 340 g/mol. The van der Waals surface area contributed by atoms with Gasteiger partial charge in [-0.2, -0.15) is 0 Å². The molecule has 2 atom stereocenters. The summed E-state index contributed by atoms with van der Waals surface area (Å²) >= 11 is 9.64. The van der Waals surface area contributed by atoms with Crippen molar-refractivity contribution in [2.45, 2.75) is 31.5 Å². The fourth-order valence-corrected chi connectivity index (χ4v) is 3.78. The average Bonchev–Trinajstić information content (AvgIpc) is 2.89. The van der Waals surface area contributed by atoms with Gasteiger partial charge in [0.25, 0.3) is 0 Å². The number of halogens is 2. The van der Waals surface area contributed by atoms with Crippen LogP contribution in [0.2, 0.25) is 5.02 Å². The standard InChI is InChI=1S/C15H20BrClN2O/c16-12-4-3-11(15(17)6-12)7-18-8-14-9-19-5-1-2-13(19)10-20-14/h3-4,6,13-14,18H,1-2,5,7-10H2. The summed E-state index contributed by atoms with van der Waals surface area (Å²) in [6.07, 6.45) is 2.93. The van der Waals surface area contributed by atoms with Crippen molar-refractivity contribution < 1.29 is 4.74 Å². The van der Waals surface area contributed by atoms with Crippen molar-refractivity contribution in [3.63, 3.8) is 0 Å². The maximum Gasteiger partial charge on any atom is 0.0827 e. The number of ether oxygens (including phenoxy) is 1. The molecular formula is C15H20BrClN2O. The second kappa shape index (κ2) is 6.75. The van der Waals surface area contributed by atoms with Crippen LogP contribution in [0.4, 0.5) is 0 Å². The fourth-order valence-electron chi connectivity index (χ4n) is 3.04. The first-order valence-electron chi connectivity index (χ1n) is 7.22. The molecule has 1 N–H and O–H groups in total. The Morgan fingerprint density at radius 3 is 3.20 bits per heavy atom. The van der Waals surface area contributed by atoms with E-state index in [4.69, 9.17) is 16.3 Å². The minimum Gasteiger partial charge on any atom is -0.374 e. The van der Waals surface area contributed by atoms with E-state index < -0.39 is 0 Å². The van der Waals surface area contributed by atoms with Crippen molar-refractivity contribution >= 4 is 27.5 Å². The lowest BCUT2D eigenvalue weighted by Gasteiger charge is -2.35. The van der Waals surface area contributed by atoms with E-state index in [9.17, 15) is 0 Å². The van der Waals surface area contributed by atoms with Gasteiger partial charge in [0.05, 0.1) is 12.7 Å². The van der Waals surface area contributed by atoms with E-state index in [1.165, 1.54) is 19.4 Å². The summed E-state index contributed by atoms with van der Waals surface area (Å²) in [5.74, 6) is 0. The molecule has 0 aliphatic carbocycles. The predicted octanol–water partition coefficient (Wildman–Crippen LogP) is 3.06. The first-order chi connectivity index (χ1) is 9.72. The van der Waals surface area contributed by atoms with E-state index >= 15 is 0 Å². The van der Waals surface area contributed by atoms with Gasteiger partial charge >= 0.3 is 0 Å². The first-order valence-corrected chi connectivity index (χ1v) is 8.40. The molecule has 0 bridgehead atoms. The molecule has 2 aliphatic rings. The van der Waals surface area contributed by atoms with Crippen molar-refractivity contribution in [2.75, 3.05) is 26.2 Å². The number of benzene rings is 1. The van der Waals surface area contributed by atoms with Gasteiger partial charge in [0.2, 0.25) is 0 Å². The van der Waals surface area contributed by atoms with Gasteiger partial charge in [-0.05, 0) is 37.1 Å². The van der Waals surface area contributed by atoms with Gasteiger partial charge in [0.15, 0.2) is 0 Å². The molecule has 110 valence electrons. The molecule has 1 aromatic carbocycles. The molecule has 2 unspecified atom stereocenters. The molecule has 1 aromatic rings. The van der Waals surface area contributed by atoms with Crippen LogP contribution >= 0.6 is 27.5 Å². The molecule has 0 saturated carbocycles. The highest BCUT2D eigenvalue weighted by molar-refractivity contribution is 9.10. The number of fused-ring (bicyclic) bond motifs is 1. The van der Waals surface area contributed by atoms with Crippen LogP contribution in [0.3, 0.4) is 0 Å². The zero-order chi connectivity index (χ0) is 13.9. The average molecular weight is 360 g/mol. The number of nitrogens with zero attached hydrogens (tertiary/aromatic N) is 1. The molecule has 20 heavy (non-hydrogen) atoms. The number of morpholine rings is 1. The Morgan fingerprint density at radius 1 is 1.45 bits per heavy atom. The molecule has 2 heterocycles. The molecule has 3 rings (SSSR count). The summed E-state index contributed by atoms with van der Waals surface area (Å²) in [5.41, 5.74) is 1.13. The Hall–Kier alpha value is -0.130. The Morgan fingerprint density at radius 2 is 2.35 bits per heavy atom. The highest BCUT2D eigenvalue weighted by Crippen LogP contribution is 2.23. The molecule has 2 saturated heterocycles. The highest BCUT2D eigenvalue weighted by Gasteiger charge is 2.31. The van der Waals surface area contributed by atoms with E-state index in [2.05, 4.69) is 32.2 Å². The fraction of sp³-hybridized carbons (Fsp3) is 0.600. The van der Waals surface area contributed by atoms with Gasteiger partial charge < -0.3 is 10.1 Å². The topological polar surface area (TPSA) is 24.5 Å². The Labute approximate surface area is 133 Å². The second-order valence-corrected chi connectivity index (χ2v) is 6.94. The van der Waals surface area contributed by atoms with Crippen molar-refractivity contribution in [3.8, 4) is 0 Å². The monoisotopic (exact) mass is 358 g/mol. The smallest absolute Gasteiger partial charge is 0.0827 e. The summed E-state index contributed by atoms with van der Waals surface area (Å²) in [5, 5.41) is 4.26. The van der Waals surface area contributed by atoms with Crippen molar-refractivity contribution in [2.24, 2.45) is 0 Å². The van der Waals surface area contributed by atoms with Crippen LogP contribution in [0.15, 0.2) is 22.7 Å². The number of nitrogens with one attached hydrogen (secondary N) is 1. The molecule has 0 radical (unpaired) electrons.